The lowest BCUT2D eigenvalue weighted by molar-refractivity contribution is 0.509. The van der Waals surface area contributed by atoms with Crippen molar-refractivity contribution in [3.05, 3.63) is 91.0 Å². The summed E-state index contributed by atoms with van der Waals surface area (Å²) in [5.74, 6) is 0. The van der Waals surface area contributed by atoms with E-state index in [4.69, 9.17) is 0 Å². The standard InChI is InChI=1S/C32H30N6S/c1-18(2)29-9-10-30(39-29)25-16-34-17-28-23(25)13-27(36-28)31-24-12-20(7-8-26(24)37-38-31)21-11-22(15-33-14-21)35-19(3)32(4,5)6/h7-17,35-36H,1,3H2,2,4-6H3,(H,37,38). The summed E-state index contributed by atoms with van der Waals surface area (Å²) in [4.78, 5) is 14.9. The van der Waals surface area contributed by atoms with E-state index in [2.05, 4.69) is 107 Å². The lowest BCUT2D eigenvalue weighted by atomic mass is 9.93. The van der Waals surface area contributed by atoms with Gasteiger partial charge in [-0.05, 0) is 54.5 Å². The molecule has 5 heterocycles. The van der Waals surface area contributed by atoms with Crippen molar-refractivity contribution in [2.24, 2.45) is 5.41 Å². The molecule has 1 aromatic carbocycles. The van der Waals surface area contributed by atoms with E-state index in [0.717, 1.165) is 66.8 Å². The third kappa shape index (κ3) is 4.66. The monoisotopic (exact) mass is 530 g/mol. The van der Waals surface area contributed by atoms with Crippen LogP contribution in [-0.2, 0) is 0 Å². The second-order valence-corrected chi connectivity index (χ2v) is 12.0. The Morgan fingerprint density at radius 3 is 2.46 bits per heavy atom. The van der Waals surface area contributed by atoms with Crippen molar-refractivity contribution in [1.29, 1.82) is 0 Å². The van der Waals surface area contributed by atoms with E-state index in [-0.39, 0.29) is 5.41 Å². The zero-order chi connectivity index (χ0) is 27.3. The van der Waals surface area contributed by atoms with Crippen LogP contribution >= 0.6 is 11.3 Å². The highest BCUT2D eigenvalue weighted by molar-refractivity contribution is 7.16. The van der Waals surface area contributed by atoms with E-state index in [1.54, 1.807) is 11.3 Å². The highest BCUT2D eigenvalue weighted by Gasteiger charge is 2.17. The van der Waals surface area contributed by atoms with Gasteiger partial charge in [-0.25, -0.2) is 0 Å². The molecular formula is C32H30N6S. The maximum Gasteiger partial charge on any atom is 0.116 e. The zero-order valence-corrected chi connectivity index (χ0v) is 23.3. The highest BCUT2D eigenvalue weighted by atomic mass is 32.1. The molecule has 0 amide bonds. The van der Waals surface area contributed by atoms with Crippen LogP contribution in [0.1, 0.15) is 32.6 Å². The minimum Gasteiger partial charge on any atom is -0.358 e. The van der Waals surface area contributed by atoms with Crippen LogP contribution in [0.15, 0.2) is 86.1 Å². The Kier molecular flexibility index (Phi) is 5.96. The quantitative estimate of drug-likeness (QED) is 0.201. The Labute approximate surface area is 231 Å². The number of H-pyrrole nitrogens is 2. The molecule has 5 aromatic heterocycles. The Bertz CT molecular complexity index is 1880. The van der Waals surface area contributed by atoms with Crippen molar-refractivity contribution in [1.82, 2.24) is 25.1 Å². The molecule has 194 valence electrons. The third-order valence-corrected chi connectivity index (χ3v) is 8.21. The van der Waals surface area contributed by atoms with E-state index in [1.807, 2.05) is 31.7 Å². The maximum atomic E-state index is 4.68. The number of allylic oxidation sites excluding steroid dienone is 2. The first kappa shape index (κ1) is 24.8. The van der Waals surface area contributed by atoms with Crippen molar-refractivity contribution >= 4 is 44.4 Å². The largest absolute Gasteiger partial charge is 0.358 e. The second-order valence-electron chi connectivity index (χ2n) is 10.9. The fourth-order valence-corrected chi connectivity index (χ4v) is 5.47. The summed E-state index contributed by atoms with van der Waals surface area (Å²) in [5.41, 5.74) is 9.80. The Morgan fingerprint density at radius 1 is 0.872 bits per heavy atom. The molecule has 0 bridgehead atoms. The van der Waals surface area contributed by atoms with Gasteiger partial charge in [0.25, 0.3) is 0 Å². The number of hydrogen-bond acceptors (Lipinski definition) is 5. The number of aromatic nitrogens is 5. The minimum atomic E-state index is -0.0496. The number of thiophene rings is 1. The Hall–Kier alpha value is -4.49. The molecule has 0 aliphatic heterocycles. The molecule has 3 N–H and O–H groups in total. The number of nitrogens with zero attached hydrogens (tertiary/aromatic N) is 3. The van der Waals surface area contributed by atoms with Gasteiger partial charge in [0, 0.05) is 55.2 Å². The van der Waals surface area contributed by atoms with Crippen molar-refractivity contribution in [2.45, 2.75) is 27.7 Å². The molecule has 0 aliphatic rings. The van der Waals surface area contributed by atoms with E-state index >= 15 is 0 Å². The third-order valence-electron chi connectivity index (χ3n) is 6.93. The molecule has 0 saturated carbocycles. The summed E-state index contributed by atoms with van der Waals surface area (Å²) in [7, 11) is 0. The number of benzene rings is 1. The smallest absolute Gasteiger partial charge is 0.116 e. The summed E-state index contributed by atoms with van der Waals surface area (Å²) < 4.78 is 0. The Balaban J connectivity index is 1.39. The normalized spacial score (nSPS) is 11.8. The molecule has 6 rings (SSSR count). The number of aromatic amines is 2. The fraction of sp³-hybridized carbons (Fsp3) is 0.156. The van der Waals surface area contributed by atoms with Gasteiger partial charge in [-0.15, -0.1) is 11.3 Å². The number of hydrogen-bond donors (Lipinski definition) is 3. The van der Waals surface area contributed by atoms with Gasteiger partial charge in [0.1, 0.15) is 5.69 Å². The van der Waals surface area contributed by atoms with Gasteiger partial charge in [-0.1, -0.05) is 40.0 Å². The first-order valence-corrected chi connectivity index (χ1v) is 13.6. The summed E-state index contributed by atoms with van der Waals surface area (Å²) >= 11 is 1.73. The van der Waals surface area contributed by atoms with Crippen molar-refractivity contribution < 1.29 is 0 Å². The minimum absolute atomic E-state index is 0.0496. The molecule has 0 aliphatic carbocycles. The van der Waals surface area contributed by atoms with Crippen LogP contribution in [0.5, 0.6) is 0 Å². The maximum absolute atomic E-state index is 4.68. The van der Waals surface area contributed by atoms with Crippen molar-refractivity contribution in [2.75, 3.05) is 5.32 Å². The number of fused-ring (bicyclic) bond motifs is 2. The van der Waals surface area contributed by atoms with Crippen LogP contribution in [0, 0.1) is 5.41 Å². The fourth-order valence-electron chi connectivity index (χ4n) is 4.51. The molecule has 39 heavy (non-hydrogen) atoms. The van der Waals surface area contributed by atoms with E-state index in [1.165, 1.54) is 9.75 Å². The van der Waals surface area contributed by atoms with Gasteiger partial charge in [0.2, 0.25) is 0 Å². The molecule has 6 nitrogen and oxygen atoms in total. The first-order chi connectivity index (χ1) is 18.7. The summed E-state index contributed by atoms with van der Waals surface area (Å²) in [6.45, 7) is 16.7. The van der Waals surface area contributed by atoms with E-state index in [9.17, 15) is 0 Å². The van der Waals surface area contributed by atoms with Crippen LogP contribution < -0.4 is 5.32 Å². The van der Waals surface area contributed by atoms with Crippen molar-refractivity contribution in [3.8, 4) is 33.0 Å². The summed E-state index contributed by atoms with van der Waals surface area (Å²) in [6.07, 6.45) is 7.50. The highest BCUT2D eigenvalue weighted by Crippen LogP contribution is 2.38. The van der Waals surface area contributed by atoms with Crippen LogP contribution in [0.2, 0.25) is 0 Å². The predicted molar refractivity (Wildman–Crippen MR) is 165 cm³/mol. The molecule has 0 saturated heterocycles. The molecule has 7 heteroatoms. The van der Waals surface area contributed by atoms with Crippen LogP contribution in [0.25, 0.3) is 60.3 Å². The predicted octanol–water partition coefficient (Wildman–Crippen LogP) is 8.90. The zero-order valence-electron chi connectivity index (χ0n) is 22.5. The first-order valence-electron chi connectivity index (χ1n) is 12.8. The molecule has 6 aromatic rings. The van der Waals surface area contributed by atoms with Gasteiger partial charge in [0.05, 0.1) is 34.8 Å². The number of nitrogens with one attached hydrogen (secondary N) is 3. The van der Waals surface area contributed by atoms with Gasteiger partial charge in [-0.2, -0.15) is 5.10 Å². The summed E-state index contributed by atoms with van der Waals surface area (Å²) in [6, 6.07) is 14.8. The molecular weight excluding hydrogens is 500 g/mol. The average molecular weight is 531 g/mol. The van der Waals surface area contributed by atoms with Crippen LogP contribution in [0.4, 0.5) is 5.69 Å². The summed E-state index contributed by atoms with van der Waals surface area (Å²) in [5, 5.41) is 13.4. The molecule has 0 unspecified atom stereocenters. The van der Waals surface area contributed by atoms with E-state index in [0.29, 0.717) is 0 Å². The molecule has 0 radical (unpaired) electrons. The number of pyridine rings is 2. The van der Waals surface area contributed by atoms with Gasteiger partial charge in [-0.3, -0.25) is 15.1 Å². The van der Waals surface area contributed by atoms with Crippen molar-refractivity contribution in [3.63, 3.8) is 0 Å². The van der Waals surface area contributed by atoms with Gasteiger partial charge < -0.3 is 10.3 Å². The van der Waals surface area contributed by atoms with E-state index < -0.39 is 0 Å². The van der Waals surface area contributed by atoms with Gasteiger partial charge in [0.15, 0.2) is 0 Å². The SMILES string of the molecule is C=C(C)c1ccc(-c2cncc3[nH]c(-c4n[nH]c5ccc(-c6cncc(NC(=C)C(C)(C)C)c6)cc45)cc23)s1. The Morgan fingerprint density at radius 2 is 1.69 bits per heavy atom. The van der Waals surface area contributed by atoms with Crippen LogP contribution in [-0.4, -0.2) is 25.1 Å². The number of anilines is 1. The molecule has 0 fully saturated rings. The molecule has 0 atom stereocenters. The lowest BCUT2D eigenvalue weighted by Crippen LogP contribution is -2.15. The topological polar surface area (TPSA) is 82.3 Å². The lowest BCUT2D eigenvalue weighted by Gasteiger charge is -2.23. The van der Waals surface area contributed by atoms with Gasteiger partial charge >= 0.3 is 0 Å². The average Bonchev–Trinajstić information content (AvgIpc) is 3.65. The second kappa shape index (κ2) is 9.36. The van der Waals surface area contributed by atoms with Crippen LogP contribution in [0.3, 0.4) is 0 Å². The molecule has 0 spiro atoms. The number of rotatable bonds is 6.